The molecule has 4 atom stereocenters. The molecule has 0 unspecified atom stereocenters. The van der Waals surface area contributed by atoms with Gasteiger partial charge in [-0.1, -0.05) is 70.3 Å². The van der Waals surface area contributed by atoms with Crippen LogP contribution in [-0.2, 0) is 32.0 Å². The van der Waals surface area contributed by atoms with Gasteiger partial charge in [-0.2, -0.15) is 0 Å². The van der Waals surface area contributed by atoms with Crippen LogP contribution in [0.2, 0.25) is 0 Å². The van der Waals surface area contributed by atoms with E-state index in [-0.39, 0.29) is 60.1 Å². The van der Waals surface area contributed by atoms with Crippen LogP contribution in [0.1, 0.15) is 120 Å². The van der Waals surface area contributed by atoms with Crippen LogP contribution in [0, 0.1) is 0 Å². The smallest absolute Gasteiger partial charge is 0.232 e. The molecule has 60 heavy (non-hydrogen) atoms. The van der Waals surface area contributed by atoms with Crippen molar-refractivity contribution >= 4 is 89.5 Å². The van der Waals surface area contributed by atoms with Crippen LogP contribution >= 0.6 is 45.3 Å². The first-order valence-electron chi connectivity index (χ1n) is 19.4. The van der Waals surface area contributed by atoms with E-state index in [1.807, 2.05) is 36.4 Å². The second kappa shape index (κ2) is 20.6. The molecule has 6 aromatic rings. The molecule has 18 nitrogen and oxygen atoms in total. The predicted molar refractivity (Wildman–Crippen MR) is 229 cm³/mol. The molecule has 2 fully saturated rings. The van der Waals surface area contributed by atoms with Gasteiger partial charge in [0.1, 0.15) is 20.0 Å². The van der Waals surface area contributed by atoms with E-state index in [1.165, 1.54) is 59.2 Å². The molecular formula is C38H42N14O4S4. The van der Waals surface area contributed by atoms with Crippen molar-refractivity contribution in [3.63, 3.8) is 0 Å². The molecule has 0 bridgehead atoms. The van der Waals surface area contributed by atoms with E-state index in [0.29, 0.717) is 31.9 Å². The highest BCUT2D eigenvalue weighted by molar-refractivity contribution is 7.16. The van der Waals surface area contributed by atoms with E-state index in [9.17, 15) is 19.2 Å². The number of nitrogens with one attached hydrogen (secondary N) is 4. The first-order chi connectivity index (χ1) is 29.1. The molecule has 0 aliphatic heterocycles. The zero-order valence-corrected chi connectivity index (χ0v) is 36.0. The number of anilines is 4. The number of rotatable bonds is 12. The lowest BCUT2D eigenvalue weighted by atomic mass is 9.82. The minimum Gasteiger partial charge on any atom is -0.301 e. The number of carbonyl (C=O) groups is 4. The van der Waals surface area contributed by atoms with Gasteiger partial charge in [-0.05, 0) is 62.8 Å². The van der Waals surface area contributed by atoms with E-state index in [4.69, 9.17) is 0 Å². The minimum atomic E-state index is -0.155. The van der Waals surface area contributed by atoms with Crippen molar-refractivity contribution in [2.75, 3.05) is 21.3 Å². The molecule has 22 heteroatoms. The first kappa shape index (κ1) is 42.5. The standard InChI is InChI=1S/2C19H21N7O2S2/c2*1-11(27)21-18-25-23-16(29-18)12-5-4-6-13(9-12)17-24-26-19(30-17)22-15(28)10-14-7-2-3-8-20-14/h2*2-3,7-8,12-13H,4-6,9-10H2,1H3,(H,21,25,27)(H,22,26,28)/t2*12-,13-/m10/s1. The first-order valence-corrected chi connectivity index (χ1v) is 22.7. The lowest BCUT2D eigenvalue weighted by Crippen LogP contribution is -2.14. The number of nitrogens with zero attached hydrogens (tertiary/aromatic N) is 10. The summed E-state index contributed by atoms with van der Waals surface area (Å²) in [5.41, 5.74) is 1.43. The summed E-state index contributed by atoms with van der Waals surface area (Å²) in [6, 6.07) is 11.0. The van der Waals surface area contributed by atoms with Gasteiger partial charge in [0.15, 0.2) is 0 Å². The van der Waals surface area contributed by atoms with Gasteiger partial charge in [0.2, 0.25) is 44.2 Å². The fourth-order valence-electron chi connectivity index (χ4n) is 7.04. The van der Waals surface area contributed by atoms with Crippen LogP contribution in [0.5, 0.6) is 0 Å². The lowest BCUT2D eigenvalue weighted by molar-refractivity contribution is -0.116. The largest absolute Gasteiger partial charge is 0.301 e. The van der Waals surface area contributed by atoms with Gasteiger partial charge in [-0.3, -0.25) is 29.1 Å². The van der Waals surface area contributed by atoms with Crippen LogP contribution in [0.15, 0.2) is 48.8 Å². The maximum Gasteiger partial charge on any atom is 0.232 e. The maximum absolute atomic E-state index is 12.2. The monoisotopic (exact) mass is 886 g/mol. The summed E-state index contributed by atoms with van der Waals surface area (Å²) in [5.74, 6) is 0.516. The van der Waals surface area contributed by atoms with Crippen LogP contribution in [-0.4, -0.2) is 74.4 Å². The average Bonchev–Trinajstić information content (AvgIpc) is 4.08. The van der Waals surface area contributed by atoms with Crippen molar-refractivity contribution in [2.24, 2.45) is 0 Å². The van der Waals surface area contributed by atoms with Crippen molar-refractivity contribution in [1.29, 1.82) is 0 Å². The number of amides is 4. The fourth-order valence-corrected chi connectivity index (χ4v) is 10.7. The molecule has 6 heterocycles. The summed E-state index contributed by atoms with van der Waals surface area (Å²) in [6.07, 6.45) is 11.8. The molecule has 4 N–H and O–H groups in total. The molecule has 2 aliphatic rings. The molecule has 0 radical (unpaired) electrons. The molecule has 2 saturated carbocycles. The summed E-state index contributed by atoms with van der Waals surface area (Å²) >= 11 is 5.71. The third-order valence-corrected chi connectivity index (χ3v) is 13.7. The Hall–Kier alpha value is -5.58. The van der Waals surface area contributed by atoms with E-state index in [2.05, 4.69) is 72.0 Å². The van der Waals surface area contributed by atoms with Gasteiger partial charge in [0.25, 0.3) is 0 Å². The van der Waals surface area contributed by atoms with Crippen molar-refractivity contribution < 1.29 is 19.2 Å². The van der Waals surface area contributed by atoms with Crippen LogP contribution in [0.25, 0.3) is 0 Å². The van der Waals surface area contributed by atoms with Gasteiger partial charge >= 0.3 is 0 Å². The summed E-state index contributed by atoms with van der Waals surface area (Å²) in [6.45, 7) is 2.92. The third kappa shape index (κ3) is 12.2. The molecular weight excluding hydrogens is 845 g/mol. The molecule has 6 aromatic heterocycles. The second-order valence-electron chi connectivity index (χ2n) is 14.4. The maximum atomic E-state index is 12.2. The van der Waals surface area contributed by atoms with Crippen molar-refractivity contribution in [1.82, 2.24) is 50.8 Å². The van der Waals surface area contributed by atoms with E-state index in [0.717, 1.165) is 71.4 Å². The summed E-state index contributed by atoms with van der Waals surface area (Å²) < 4.78 is 0. The number of hydrogen-bond acceptors (Lipinski definition) is 18. The van der Waals surface area contributed by atoms with Crippen molar-refractivity contribution in [3.8, 4) is 0 Å². The highest BCUT2D eigenvalue weighted by Crippen LogP contribution is 2.45. The lowest BCUT2D eigenvalue weighted by Gasteiger charge is -2.25. The Labute approximate surface area is 360 Å². The Morgan fingerprint density at radius 3 is 1.13 bits per heavy atom. The quantitative estimate of drug-likeness (QED) is 0.0996. The van der Waals surface area contributed by atoms with Crippen LogP contribution in [0.4, 0.5) is 20.5 Å². The summed E-state index contributed by atoms with van der Waals surface area (Å²) in [5, 5.41) is 50.4. The molecule has 0 aromatic carbocycles. The number of hydrogen-bond donors (Lipinski definition) is 4. The predicted octanol–water partition coefficient (Wildman–Crippen LogP) is 6.73. The van der Waals surface area contributed by atoms with E-state index >= 15 is 0 Å². The Morgan fingerprint density at radius 2 is 0.833 bits per heavy atom. The normalized spacial score (nSPS) is 18.7. The SMILES string of the molecule is CC(=O)Nc1nnc([C@@H]2CCC[C@@H](c3nnc(NC(=O)Cc4ccccn4)s3)C2)s1.CC(=O)Nc1nnc([C@H]2CCC[C@H](c3nnc(NC(=O)Cc4ccccn4)s3)C2)s1. The zero-order chi connectivity index (χ0) is 41.8. The Balaban J connectivity index is 0.000000181. The average molecular weight is 887 g/mol. The van der Waals surface area contributed by atoms with Crippen LogP contribution in [0.3, 0.4) is 0 Å². The zero-order valence-electron chi connectivity index (χ0n) is 32.7. The molecule has 4 amide bonds. The minimum absolute atomic E-state index is 0.147. The van der Waals surface area contributed by atoms with Gasteiger partial charge in [0, 0.05) is 61.3 Å². The van der Waals surface area contributed by atoms with Crippen molar-refractivity contribution in [2.45, 2.75) is 102 Å². The van der Waals surface area contributed by atoms with Gasteiger partial charge < -0.3 is 21.3 Å². The Morgan fingerprint density at radius 1 is 0.500 bits per heavy atom. The van der Waals surface area contributed by atoms with E-state index in [1.54, 1.807) is 12.4 Å². The van der Waals surface area contributed by atoms with Gasteiger partial charge in [0.05, 0.1) is 12.8 Å². The number of pyridine rings is 2. The fraction of sp³-hybridized carbons (Fsp3) is 0.421. The second-order valence-corrected chi connectivity index (χ2v) is 18.4. The molecule has 312 valence electrons. The van der Waals surface area contributed by atoms with Gasteiger partial charge in [-0.25, -0.2) is 0 Å². The van der Waals surface area contributed by atoms with Crippen molar-refractivity contribution in [3.05, 3.63) is 80.2 Å². The topological polar surface area (TPSA) is 245 Å². The third-order valence-electron chi connectivity index (χ3n) is 9.70. The highest BCUT2D eigenvalue weighted by atomic mass is 32.1. The summed E-state index contributed by atoms with van der Waals surface area (Å²) in [4.78, 5) is 55.2. The highest BCUT2D eigenvalue weighted by Gasteiger charge is 2.31. The molecule has 8 rings (SSSR count). The summed E-state index contributed by atoms with van der Waals surface area (Å²) in [7, 11) is 0. The molecule has 0 spiro atoms. The molecule has 0 saturated heterocycles. The number of aromatic nitrogens is 10. The van der Waals surface area contributed by atoms with E-state index < -0.39 is 0 Å². The van der Waals surface area contributed by atoms with Crippen LogP contribution < -0.4 is 21.3 Å². The Kier molecular flexibility index (Phi) is 14.6. The van der Waals surface area contributed by atoms with Gasteiger partial charge in [-0.15, -0.1) is 40.8 Å². The molecule has 2 aliphatic carbocycles. The number of carbonyl (C=O) groups excluding carboxylic acids is 4. The Bertz CT molecular complexity index is 2210.